The molecule has 0 saturated carbocycles. The van der Waals surface area contributed by atoms with Crippen molar-refractivity contribution in [3.8, 4) is 11.5 Å². The molecule has 2 aliphatic heterocycles. The molecule has 1 saturated heterocycles. The second-order valence-corrected chi connectivity index (χ2v) is 5.60. The van der Waals surface area contributed by atoms with Crippen molar-refractivity contribution in [1.82, 2.24) is 4.90 Å². The van der Waals surface area contributed by atoms with Gasteiger partial charge in [-0.05, 0) is 12.1 Å². The van der Waals surface area contributed by atoms with E-state index in [0.717, 1.165) is 51.0 Å². The number of rotatable bonds is 6. The maximum Gasteiger partial charge on any atom is 0.251 e. The van der Waals surface area contributed by atoms with E-state index in [4.69, 9.17) is 18.9 Å². The number of morpholine rings is 1. The number of ether oxygens (including phenoxy) is 4. The van der Waals surface area contributed by atoms with Gasteiger partial charge in [-0.1, -0.05) is 12.1 Å². The lowest BCUT2D eigenvalue weighted by molar-refractivity contribution is -0.0848. The molecule has 5 nitrogen and oxygen atoms in total. The molecule has 1 fully saturated rings. The van der Waals surface area contributed by atoms with Gasteiger partial charge in [-0.25, -0.2) is 0 Å². The van der Waals surface area contributed by atoms with E-state index in [9.17, 15) is 0 Å². The Morgan fingerprint density at radius 1 is 1.10 bits per heavy atom. The van der Waals surface area contributed by atoms with Crippen LogP contribution in [0.5, 0.6) is 11.5 Å². The van der Waals surface area contributed by atoms with Crippen LogP contribution >= 0.6 is 0 Å². The molecular formula is C16H23NO4. The van der Waals surface area contributed by atoms with Crippen LogP contribution < -0.4 is 9.47 Å². The molecule has 0 radical (unpaired) electrons. The molecule has 3 rings (SSSR count). The molecule has 0 N–H and O–H groups in total. The molecule has 0 spiro atoms. The highest BCUT2D eigenvalue weighted by atomic mass is 16.7. The average Bonchev–Trinajstić information content (AvgIpc) is 2.84. The van der Waals surface area contributed by atoms with Crippen LogP contribution in [0.2, 0.25) is 0 Å². The third-order valence-corrected chi connectivity index (χ3v) is 3.86. The van der Waals surface area contributed by atoms with Crippen molar-refractivity contribution in [2.24, 2.45) is 0 Å². The minimum absolute atomic E-state index is 0.608. The molecule has 0 amide bonds. The molecular weight excluding hydrogens is 270 g/mol. The summed E-state index contributed by atoms with van der Waals surface area (Å²) in [5.74, 6) is 1.02. The zero-order valence-electron chi connectivity index (χ0n) is 12.5. The van der Waals surface area contributed by atoms with Gasteiger partial charge in [-0.15, -0.1) is 0 Å². The summed E-state index contributed by atoms with van der Waals surface area (Å²) in [6.45, 7) is 7.96. The molecule has 2 aliphatic rings. The lowest BCUT2D eigenvalue weighted by Crippen LogP contribution is -2.39. The molecule has 1 aromatic rings. The highest BCUT2D eigenvalue weighted by molar-refractivity contribution is 5.42. The first-order chi connectivity index (χ1) is 10.3. The molecule has 116 valence electrons. The van der Waals surface area contributed by atoms with Crippen LogP contribution in [0.3, 0.4) is 0 Å². The van der Waals surface area contributed by atoms with Gasteiger partial charge in [0.2, 0.25) is 0 Å². The van der Waals surface area contributed by atoms with Crippen molar-refractivity contribution >= 4 is 0 Å². The minimum Gasteiger partial charge on any atom is -0.449 e. The van der Waals surface area contributed by atoms with E-state index in [1.807, 2.05) is 31.2 Å². The first-order valence-electron chi connectivity index (χ1n) is 7.60. The van der Waals surface area contributed by atoms with Gasteiger partial charge in [0.1, 0.15) is 0 Å². The predicted octanol–water partition coefficient (Wildman–Crippen LogP) is 1.91. The number of para-hydroxylation sites is 2. The largest absolute Gasteiger partial charge is 0.449 e. The van der Waals surface area contributed by atoms with Crippen LogP contribution in [0.4, 0.5) is 0 Å². The highest BCUT2D eigenvalue weighted by Crippen LogP contribution is 2.40. The van der Waals surface area contributed by atoms with Crippen molar-refractivity contribution in [3.63, 3.8) is 0 Å². The van der Waals surface area contributed by atoms with Crippen LogP contribution in [0, 0.1) is 0 Å². The monoisotopic (exact) mass is 293 g/mol. The Hall–Kier alpha value is -1.30. The van der Waals surface area contributed by atoms with Gasteiger partial charge in [0, 0.05) is 33.0 Å². The smallest absolute Gasteiger partial charge is 0.251 e. The summed E-state index contributed by atoms with van der Waals surface area (Å²) in [5.41, 5.74) is 0. The first-order valence-corrected chi connectivity index (χ1v) is 7.60. The van der Waals surface area contributed by atoms with E-state index in [0.29, 0.717) is 13.0 Å². The van der Waals surface area contributed by atoms with E-state index in [-0.39, 0.29) is 0 Å². The summed E-state index contributed by atoms with van der Waals surface area (Å²) < 4.78 is 22.8. The molecule has 0 aliphatic carbocycles. The zero-order valence-corrected chi connectivity index (χ0v) is 12.5. The zero-order chi connectivity index (χ0) is 14.5. The third kappa shape index (κ3) is 3.87. The van der Waals surface area contributed by atoms with Crippen LogP contribution in [0.25, 0.3) is 0 Å². The van der Waals surface area contributed by atoms with E-state index >= 15 is 0 Å². The van der Waals surface area contributed by atoms with Crippen LogP contribution in [-0.4, -0.2) is 56.7 Å². The number of hydrogen-bond acceptors (Lipinski definition) is 5. The summed E-state index contributed by atoms with van der Waals surface area (Å²) in [4.78, 5) is 2.36. The summed E-state index contributed by atoms with van der Waals surface area (Å²) in [5, 5.41) is 0. The maximum atomic E-state index is 5.86. The molecule has 0 atom stereocenters. The van der Waals surface area contributed by atoms with Crippen molar-refractivity contribution in [2.45, 2.75) is 19.1 Å². The fourth-order valence-electron chi connectivity index (χ4n) is 2.58. The quantitative estimate of drug-likeness (QED) is 0.749. The standard InChI is InChI=1S/C16H23NO4/c1-16(20-14-4-2-3-5-15(14)21-16)6-10-18-11-7-17-8-12-19-13-9-17/h2-5H,6-13H2,1H3. The Kier molecular flexibility index (Phi) is 4.63. The molecule has 0 unspecified atom stereocenters. The van der Waals surface area contributed by atoms with Gasteiger partial charge in [-0.2, -0.15) is 0 Å². The Morgan fingerprint density at radius 2 is 1.76 bits per heavy atom. The molecule has 5 heteroatoms. The Morgan fingerprint density at radius 3 is 2.43 bits per heavy atom. The maximum absolute atomic E-state index is 5.86. The second-order valence-electron chi connectivity index (χ2n) is 5.60. The first kappa shape index (κ1) is 14.6. The molecule has 0 aromatic heterocycles. The normalized spacial score (nSPS) is 20.6. The van der Waals surface area contributed by atoms with E-state index < -0.39 is 5.79 Å². The van der Waals surface area contributed by atoms with Gasteiger partial charge in [0.05, 0.1) is 26.4 Å². The van der Waals surface area contributed by atoms with E-state index in [1.54, 1.807) is 0 Å². The lowest BCUT2D eigenvalue weighted by Gasteiger charge is -2.26. The Bertz CT molecular complexity index is 434. The van der Waals surface area contributed by atoms with Crippen molar-refractivity contribution in [2.75, 3.05) is 46.1 Å². The van der Waals surface area contributed by atoms with Crippen LogP contribution in [-0.2, 0) is 9.47 Å². The van der Waals surface area contributed by atoms with E-state index in [2.05, 4.69) is 4.90 Å². The van der Waals surface area contributed by atoms with Gasteiger partial charge in [0.15, 0.2) is 11.5 Å². The highest BCUT2D eigenvalue weighted by Gasteiger charge is 2.36. The number of fused-ring (bicyclic) bond motifs is 1. The van der Waals surface area contributed by atoms with Crippen molar-refractivity contribution in [1.29, 1.82) is 0 Å². The number of benzene rings is 1. The van der Waals surface area contributed by atoms with Gasteiger partial charge >= 0.3 is 0 Å². The third-order valence-electron chi connectivity index (χ3n) is 3.86. The minimum atomic E-state index is -0.608. The predicted molar refractivity (Wildman–Crippen MR) is 78.8 cm³/mol. The number of nitrogens with zero attached hydrogens (tertiary/aromatic N) is 1. The average molecular weight is 293 g/mol. The molecule has 1 aromatic carbocycles. The van der Waals surface area contributed by atoms with E-state index in [1.165, 1.54) is 0 Å². The van der Waals surface area contributed by atoms with Gasteiger partial charge in [0.25, 0.3) is 5.79 Å². The van der Waals surface area contributed by atoms with Crippen LogP contribution in [0.1, 0.15) is 13.3 Å². The second kappa shape index (κ2) is 6.64. The summed E-state index contributed by atoms with van der Waals surface area (Å²) in [6.07, 6.45) is 0.713. The SMILES string of the molecule is CC1(CCOCCN2CCOCC2)Oc2ccccc2O1. The van der Waals surface area contributed by atoms with Gasteiger partial charge < -0.3 is 18.9 Å². The number of hydrogen-bond donors (Lipinski definition) is 0. The van der Waals surface area contributed by atoms with Gasteiger partial charge in [-0.3, -0.25) is 4.90 Å². The summed E-state index contributed by atoms with van der Waals surface area (Å²) >= 11 is 0. The van der Waals surface area contributed by atoms with Crippen molar-refractivity contribution in [3.05, 3.63) is 24.3 Å². The van der Waals surface area contributed by atoms with Crippen LogP contribution in [0.15, 0.2) is 24.3 Å². The Balaban J connectivity index is 1.34. The lowest BCUT2D eigenvalue weighted by atomic mass is 10.2. The molecule has 0 bridgehead atoms. The summed E-state index contributed by atoms with van der Waals surface area (Å²) in [6, 6.07) is 7.76. The fourth-order valence-corrected chi connectivity index (χ4v) is 2.58. The topological polar surface area (TPSA) is 40.2 Å². The van der Waals surface area contributed by atoms with Crippen molar-refractivity contribution < 1.29 is 18.9 Å². The molecule has 21 heavy (non-hydrogen) atoms. The Labute approximate surface area is 125 Å². The molecule has 2 heterocycles. The summed E-state index contributed by atoms with van der Waals surface area (Å²) in [7, 11) is 0. The fraction of sp³-hybridized carbons (Fsp3) is 0.625.